The smallest absolute Gasteiger partial charge is 0.253 e. The van der Waals surface area contributed by atoms with E-state index < -0.39 is 0 Å². The highest BCUT2D eigenvalue weighted by atomic mass is 35.5. The maximum Gasteiger partial charge on any atom is 0.253 e. The molecule has 2 aromatic rings. The summed E-state index contributed by atoms with van der Waals surface area (Å²) in [4.78, 5) is 25.4. The van der Waals surface area contributed by atoms with Crippen LogP contribution in [0.4, 0.5) is 0 Å². The van der Waals surface area contributed by atoms with Crippen molar-refractivity contribution in [3.8, 4) is 0 Å². The summed E-state index contributed by atoms with van der Waals surface area (Å²) >= 11 is 12.4. The number of halogens is 2. The van der Waals surface area contributed by atoms with Gasteiger partial charge in [-0.1, -0.05) is 61.3 Å². The van der Waals surface area contributed by atoms with E-state index in [0.717, 1.165) is 38.5 Å². The van der Waals surface area contributed by atoms with Crippen molar-refractivity contribution in [2.24, 2.45) is 23.7 Å². The summed E-state index contributed by atoms with van der Waals surface area (Å²) in [5.41, 5.74) is 1.10. The molecule has 2 N–H and O–H groups in total. The summed E-state index contributed by atoms with van der Waals surface area (Å²) < 4.78 is 0. The minimum absolute atomic E-state index is 0.0723. The van der Waals surface area contributed by atoms with E-state index in [0.29, 0.717) is 44.8 Å². The molecular formula is C29H36Cl2N2O2. The standard InChI is InChI=1S/C29H36Cl2N2O2/c1-18-15-20(11-13-26(18)32-28(34)22-7-3-5-9-24(22)30)17-21-12-14-27(19(2)16-21)33-29(35)23-8-4-6-10-25(23)31/h3-10,18-21,26-27H,11-17H2,1-2H3,(H,32,34)(H,33,35)/t18-,19+,20-,21+,26-,27-/m0/s1. The Morgan fingerprint density at radius 2 is 1.11 bits per heavy atom. The summed E-state index contributed by atoms with van der Waals surface area (Å²) in [6.07, 6.45) is 7.85. The van der Waals surface area contributed by atoms with Gasteiger partial charge in [0.2, 0.25) is 0 Å². The van der Waals surface area contributed by atoms with Gasteiger partial charge in [0.1, 0.15) is 0 Å². The molecule has 6 heteroatoms. The Morgan fingerprint density at radius 1 is 0.714 bits per heavy atom. The normalized spacial score (nSPS) is 28.8. The Labute approximate surface area is 219 Å². The molecule has 4 rings (SSSR count). The molecule has 0 spiro atoms. The van der Waals surface area contributed by atoms with E-state index in [9.17, 15) is 9.59 Å². The van der Waals surface area contributed by atoms with Crippen LogP contribution in [0.5, 0.6) is 0 Å². The molecule has 6 atom stereocenters. The lowest BCUT2D eigenvalue weighted by atomic mass is 9.70. The van der Waals surface area contributed by atoms with Gasteiger partial charge in [-0.25, -0.2) is 0 Å². The second kappa shape index (κ2) is 11.8. The fourth-order valence-electron chi connectivity index (χ4n) is 6.13. The van der Waals surface area contributed by atoms with Gasteiger partial charge in [0.25, 0.3) is 11.8 Å². The summed E-state index contributed by atoms with van der Waals surface area (Å²) in [7, 11) is 0. The predicted molar refractivity (Wildman–Crippen MR) is 143 cm³/mol. The largest absolute Gasteiger partial charge is 0.349 e. The molecule has 0 radical (unpaired) electrons. The molecule has 0 aromatic heterocycles. The third-order valence-electron chi connectivity index (χ3n) is 8.09. The topological polar surface area (TPSA) is 58.2 Å². The lowest BCUT2D eigenvalue weighted by molar-refractivity contribution is 0.0869. The number of benzene rings is 2. The lowest BCUT2D eigenvalue weighted by Crippen LogP contribution is -2.44. The Balaban J connectivity index is 1.23. The molecule has 0 heterocycles. The zero-order chi connectivity index (χ0) is 24.9. The molecule has 2 aliphatic carbocycles. The molecule has 0 aliphatic heterocycles. The van der Waals surface area contributed by atoms with Crippen molar-refractivity contribution >= 4 is 35.0 Å². The van der Waals surface area contributed by atoms with Crippen molar-refractivity contribution in [2.45, 2.75) is 70.9 Å². The van der Waals surface area contributed by atoms with E-state index in [1.807, 2.05) is 24.3 Å². The Hall–Kier alpha value is -2.04. The van der Waals surface area contributed by atoms with Gasteiger partial charge in [-0.05, 0) is 92.9 Å². The minimum atomic E-state index is -0.0723. The van der Waals surface area contributed by atoms with Crippen molar-refractivity contribution < 1.29 is 9.59 Å². The molecule has 2 amide bonds. The molecular weight excluding hydrogens is 479 g/mol. The quantitative estimate of drug-likeness (QED) is 0.429. The van der Waals surface area contributed by atoms with Crippen molar-refractivity contribution in [1.82, 2.24) is 10.6 Å². The number of carbonyl (C=O) groups excluding carboxylic acids is 2. The summed E-state index contributed by atoms with van der Waals surface area (Å²) in [5, 5.41) is 7.45. The second-order valence-electron chi connectivity index (χ2n) is 10.7. The van der Waals surface area contributed by atoms with Crippen LogP contribution in [0.2, 0.25) is 10.0 Å². The van der Waals surface area contributed by atoms with Crippen molar-refractivity contribution in [3.05, 3.63) is 69.7 Å². The first-order valence-corrected chi connectivity index (χ1v) is 13.7. The molecule has 188 valence electrons. The molecule has 4 nitrogen and oxygen atoms in total. The van der Waals surface area contributed by atoms with Gasteiger partial charge in [-0.2, -0.15) is 0 Å². The first-order chi connectivity index (χ1) is 16.8. The molecule has 35 heavy (non-hydrogen) atoms. The van der Waals surface area contributed by atoms with E-state index in [1.165, 1.54) is 6.42 Å². The number of amides is 2. The second-order valence-corrected chi connectivity index (χ2v) is 11.5. The van der Waals surface area contributed by atoms with Gasteiger partial charge in [0, 0.05) is 12.1 Å². The van der Waals surface area contributed by atoms with Crippen LogP contribution in [0, 0.1) is 23.7 Å². The van der Waals surface area contributed by atoms with Gasteiger partial charge in [0.15, 0.2) is 0 Å². The van der Waals surface area contributed by atoms with Gasteiger partial charge >= 0.3 is 0 Å². The summed E-state index contributed by atoms with van der Waals surface area (Å²) in [6, 6.07) is 14.9. The average molecular weight is 516 g/mol. The van der Waals surface area contributed by atoms with E-state index >= 15 is 0 Å². The Bertz CT molecular complexity index is 961. The van der Waals surface area contributed by atoms with Crippen LogP contribution in [0.25, 0.3) is 0 Å². The monoisotopic (exact) mass is 514 g/mol. The molecule has 0 bridgehead atoms. The number of hydrogen-bond donors (Lipinski definition) is 2. The van der Waals surface area contributed by atoms with Crippen LogP contribution >= 0.6 is 23.2 Å². The molecule has 2 fully saturated rings. The van der Waals surface area contributed by atoms with Crippen LogP contribution in [0.15, 0.2) is 48.5 Å². The van der Waals surface area contributed by atoms with Crippen LogP contribution < -0.4 is 10.6 Å². The first-order valence-electron chi connectivity index (χ1n) is 12.9. The average Bonchev–Trinajstić information content (AvgIpc) is 2.83. The van der Waals surface area contributed by atoms with Crippen LogP contribution in [0.3, 0.4) is 0 Å². The highest BCUT2D eigenvalue weighted by molar-refractivity contribution is 6.34. The van der Waals surface area contributed by atoms with Crippen LogP contribution in [-0.2, 0) is 0 Å². The molecule has 2 saturated carbocycles. The highest BCUT2D eigenvalue weighted by Gasteiger charge is 2.34. The molecule has 2 aliphatic rings. The maximum atomic E-state index is 12.7. The van der Waals surface area contributed by atoms with Crippen molar-refractivity contribution in [1.29, 1.82) is 0 Å². The number of hydrogen-bond acceptors (Lipinski definition) is 2. The van der Waals surface area contributed by atoms with Gasteiger partial charge in [0.05, 0.1) is 21.2 Å². The Morgan fingerprint density at radius 3 is 1.49 bits per heavy atom. The van der Waals surface area contributed by atoms with Gasteiger partial charge in [-0.3, -0.25) is 9.59 Å². The first kappa shape index (κ1) is 26.0. The molecule has 0 unspecified atom stereocenters. The van der Waals surface area contributed by atoms with E-state index in [1.54, 1.807) is 24.3 Å². The fourth-order valence-corrected chi connectivity index (χ4v) is 6.57. The van der Waals surface area contributed by atoms with Crippen LogP contribution in [-0.4, -0.2) is 23.9 Å². The third-order valence-corrected chi connectivity index (χ3v) is 8.75. The molecule has 2 aromatic carbocycles. The zero-order valence-corrected chi connectivity index (χ0v) is 22.1. The number of nitrogens with one attached hydrogen (secondary N) is 2. The molecule has 0 saturated heterocycles. The summed E-state index contributed by atoms with van der Waals surface area (Å²) in [5.74, 6) is 2.15. The fraction of sp³-hybridized carbons (Fsp3) is 0.517. The number of carbonyl (C=O) groups is 2. The van der Waals surface area contributed by atoms with Gasteiger partial charge < -0.3 is 10.6 Å². The predicted octanol–water partition coefficient (Wildman–Crippen LogP) is 7.15. The number of rotatable bonds is 6. The van der Waals surface area contributed by atoms with Crippen molar-refractivity contribution in [3.63, 3.8) is 0 Å². The van der Waals surface area contributed by atoms with E-state index in [2.05, 4.69) is 24.5 Å². The Kier molecular flexibility index (Phi) is 8.77. The van der Waals surface area contributed by atoms with Crippen LogP contribution in [0.1, 0.15) is 79.5 Å². The van der Waals surface area contributed by atoms with Crippen molar-refractivity contribution in [2.75, 3.05) is 0 Å². The van der Waals surface area contributed by atoms with E-state index in [4.69, 9.17) is 23.2 Å². The SMILES string of the molecule is C[C@@H]1C[C@H](C[C@H]2CC[C@H](NC(=O)c3ccccc3Cl)[C@@H](C)C2)CC[C@@H]1NC(=O)c1ccccc1Cl. The summed E-state index contributed by atoms with van der Waals surface area (Å²) in [6.45, 7) is 4.51. The van der Waals surface area contributed by atoms with Gasteiger partial charge in [-0.15, -0.1) is 0 Å². The maximum absolute atomic E-state index is 12.7. The minimum Gasteiger partial charge on any atom is -0.349 e. The highest BCUT2D eigenvalue weighted by Crippen LogP contribution is 2.39. The zero-order valence-electron chi connectivity index (χ0n) is 20.6. The lowest BCUT2D eigenvalue weighted by Gasteiger charge is -2.39. The third kappa shape index (κ3) is 6.59. The van der Waals surface area contributed by atoms with E-state index in [-0.39, 0.29) is 23.9 Å².